The molecule has 0 unspecified atom stereocenters. The van der Waals surface area contributed by atoms with Crippen molar-refractivity contribution in [2.75, 3.05) is 13.2 Å². The third kappa shape index (κ3) is 2.84. The lowest BCUT2D eigenvalue weighted by Crippen LogP contribution is -2.43. The Bertz CT molecular complexity index is 1630. The minimum Gasteiger partial charge on any atom is -0.380 e. The molecule has 33 heavy (non-hydrogen) atoms. The molecule has 0 spiro atoms. The largest absolute Gasteiger partial charge is 0.380 e. The van der Waals surface area contributed by atoms with Gasteiger partial charge in [0.2, 0.25) is 0 Å². The maximum Gasteiger partial charge on any atom is 0.0559 e. The fourth-order valence-corrected chi connectivity index (χ4v) is 5.63. The normalized spacial score (nSPS) is 15.4. The molecule has 1 aromatic heterocycles. The van der Waals surface area contributed by atoms with Crippen LogP contribution in [-0.4, -0.2) is 17.8 Å². The van der Waals surface area contributed by atoms with Gasteiger partial charge in [-0.3, -0.25) is 0 Å². The molecule has 2 nitrogen and oxygen atoms in total. The molecule has 1 aliphatic rings. The molecule has 0 saturated carbocycles. The lowest BCUT2D eigenvalue weighted by molar-refractivity contribution is -0.109. The van der Waals surface area contributed by atoms with Gasteiger partial charge in [0.1, 0.15) is 0 Å². The first-order valence-corrected chi connectivity index (χ1v) is 11.7. The van der Waals surface area contributed by atoms with Crippen molar-refractivity contribution < 1.29 is 4.74 Å². The first kappa shape index (κ1) is 18.9. The first-order chi connectivity index (χ1) is 16.2. The van der Waals surface area contributed by atoms with Gasteiger partial charge >= 0.3 is 0 Å². The fourth-order valence-electron chi connectivity index (χ4n) is 5.63. The maximum atomic E-state index is 5.56. The minimum absolute atomic E-state index is 0.208. The standard InChI is InChI=1S/C31H25NO/c1-31(19-33-20-31)18-32-28-13-7-6-12-26(28)27-17-23(14-15-29(27)32)30-24-10-4-2-8-21(24)16-22-9-3-5-11-25(22)30/h2-17H,18-20H2,1H3. The zero-order chi connectivity index (χ0) is 22.0. The zero-order valence-electron chi connectivity index (χ0n) is 18.7. The maximum absolute atomic E-state index is 5.56. The number of rotatable bonds is 3. The Hall–Kier alpha value is -3.62. The molecule has 6 aromatic rings. The van der Waals surface area contributed by atoms with Crippen LogP contribution in [0.1, 0.15) is 6.92 Å². The summed E-state index contributed by atoms with van der Waals surface area (Å²) in [6, 6.07) is 35.7. The van der Waals surface area contributed by atoms with E-state index in [2.05, 4.69) is 109 Å². The summed E-state index contributed by atoms with van der Waals surface area (Å²) in [7, 11) is 0. The summed E-state index contributed by atoms with van der Waals surface area (Å²) in [6.07, 6.45) is 0. The third-order valence-corrected chi connectivity index (χ3v) is 7.27. The van der Waals surface area contributed by atoms with Gasteiger partial charge in [-0.25, -0.2) is 0 Å². The molecule has 0 bridgehead atoms. The summed E-state index contributed by atoms with van der Waals surface area (Å²) in [4.78, 5) is 0. The average Bonchev–Trinajstić information content (AvgIpc) is 3.14. The molecule has 2 heterocycles. The van der Waals surface area contributed by atoms with E-state index in [1.54, 1.807) is 0 Å². The molecule has 0 N–H and O–H groups in total. The molecule has 160 valence electrons. The van der Waals surface area contributed by atoms with Crippen molar-refractivity contribution in [3.63, 3.8) is 0 Å². The SMILES string of the molecule is CC1(Cn2c3ccccc3c3cc(-c4c5ccccc5cc5ccccc45)ccc32)COC1. The van der Waals surface area contributed by atoms with Crippen molar-refractivity contribution in [1.82, 2.24) is 4.57 Å². The van der Waals surface area contributed by atoms with Gasteiger partial charge in [0.15, 0.2) is 0 Å². The molecule has 0 radical (unpaired) electrons. The topological polar surface area (TPSA) is 14.2 Å². The number of hydrogen-bond acceptors (Lipinski definition) is 1. The number of nitrogens with zero attached hydrogens (tertiary/aromatic N) is 1. The zero-order valence-corrected chi connectivity index (χ0v) is 18.7. The Balaban J connectivity index is 1.53. The summed E-state index contributed by atoms with van der Waals surface area (Å²) in [5.41, 5.74) is 5.41. The summed E-state index contributed by atoms with van der Waals surface area (Å²) in [5, 5.41) is 7.82. The molecule has 0 atom stereocenters. The highest BCUT2D eigenvalue weighted by atomic mass is 16.5. The minimum atomic E-state index is 0.208. The summed E-state index contributed by atoms with van der Waals surface area (Å²) in [6.45, 7) is 4.98. The smallest absolute Gasteiger partial charge is 0.0559 e. The van der Waals surface area contributed by atoms with E-state index < -0.39 is 0 Å². The Morgan fingerprint density at radius 2 is 1.27 bits per heavy atom. The van der Waals surface area contributed by atoms with Crippen LogP contribution >= 0.6 is 0 Å². The number of fused-ring (bicyclic) bond motifs is 5. The molecular formula is C31H25NO. The number of benzene rings is 5. The molecule has 1 saturated heterocycles. The van der Waals surface area contributed by atoms with Crippen LogP contribution in [-0.2, 0) is 11.3 Å². The van der Waals surface area contributed by atoms with Gasteiger partial charge in [0, 0.05) is 33.8 Å². The molecule has 1 fully saturated rings. The molecule has 5 aromatic carbocycles. The summed E-state index contributed by atoms with van der Waals surface area (Å²) >= 11 is 0. The number of hydrogen-bond donors (Lipinski definition) is 0. The Kier molecular flexibility index (Phi) is 3.97. The Labute approximate surface area is 193 Å². The Morgan fingerprint density at radius 1 is 0.667 bits per heavy atom. The van der Waals surface area contributed by atoms with E-state index in [9.17, 15) is 0 Å². The predicted molar refractivity (Wildman–Crippen MR) is 139 cm³/mol. The van der Waals surface area contributed by atoms with Crippen molar-refractivity contribution in [1.29, 1.82) is 0 Å². The Morgan fingerprint density at radius 3 is 1.94 bits per heavy atom. The van der Waals surface area contributed by atoms with E-state index in [1.807, 2.05) is 0 Å². The van der Waals surface area contributed by atoms with E-state index in [4.69, 9.17) is 4.74 Å². The van der Waals surface area contributed by atoms with Crippen molar-refractivity contribution in [2.45, 2.75) is 13.5 Å². The quantitative estimate of drug-likeness (QED) is 0.263. The van der Waals surface area contributed by atoms with Crippen molar-refractivity contribution in [2.24, 2.45) is 5.41 Å². The molecular weight excluding hydrogens is 402 g/mol. The number of aromatic nitrogens is 1. The monoisotopic (exact) mass is 427 g/mol. The fraction of sp³-hybridized carbons (Fsp3) is 0.161. The second-order valence-corrected chi connectivity index (χ2v) is 9.83. The summed E-state index contributed by atoms with van der Waals surface area (Å²) in [5.74, 6) is 0. The van der Waals surface area contributed by atoms with Crippen LogP contribution in [0.15, 0.2) is 97.1 Å². The van der Waals surface area contributed by atoms with Gasteiger partial charge in [-0.05, 0) is 56.9 Å². The first-order valence-electron chi connectivity index (χ1n) is 11.7. The van der Waals surface area contributed by atoms with Crippen molar-refractivity contribution in [3.8, 4) is 11.1 Å². The van der Waals surface area contributed by atoms with E-state index in [0.29, 0.717) is 0 Å². The van der Waals surface area contributed by atoms with Gasteiger partial charge in [-0.1, -0.05) is 79.7 Å². The second-order valence-electron chi connectivity index (χ2n) is 9.83. The van der Waals surface area contributed by atoms with Crippen molar-refractivity contribution in [3.05, 3.63) is 97.1 Å². The van der Waals surface area contributed by atoms with Gasteiger partial charge in [0.25, 0.3) is 0 Å². The highest BCUT2D eigenvalue weighted by Crippen LogP contribution is 2.40. The van der Waals surface area contributed by atoms with Gasteiger partial charge in [-0.15, -0.1) is 0 Å². The van der Waals surface area contributed by atoms with Crippen LogP contribution in [0.2, 0.25) is 0 Å². The van der Waals surface area contributed by atoms with Crippen LogP contribution < -0.4 is 0 Å². The average molecular weight is 428 g/mol. The summed E-state index contributed by atoms with van der Waals surface area (Å²) < 4.78 is 8.05. The van der Waals surface area contributed by atoms with Crippen molar-refractivity contribution >= 4 is 43.4 Å². The van der Waals surface area contributed by atoms with E-state index in [1.165, 1.54) is 54.5 Å². The van der Waals surface area contributed by atoms with Crippen LogP contribution in [0.4, 0.5) is 0 Å². The predicted octanol–water partition coefficient (Wildman–Crippen LogP) is 7.80. The molecule has 7 rings (SSSR count). The second kappa shape index (κ2) is 6.94. The lowest BCUT2D eigenvalue weighted by atomic mass is 9.88. The molecule has 0 aliphatic carbocycles. The van der Waals surface area contributed by atoms with E-state index in [-0.39, 0.29) is 5.41 Å². The highest BCUT2D eigenvalue weighted by Gasteiger charge is 2.34. The van der Waals surface area contributed by atoms with Gasteiger partial charge < -0.3 is 9.30 Å². The molecule has 0 amide bonds. The van der Waals surface area contributed by atoms with Crippen LogP contribution in [0.5, 0.6) is 0 Å². The van der Waals surface area contributed by atoms with Gasteiger partial charge in [-0.2, -0.15) is 0 Å². The lowest BCUT2D eigenvalue weighted by Gasteiger charge is -2.38. The third-order valence-electron chi connectivity index (χ3n) is 7.27. The van der Waals surface area contributed by atoms with Crippen LogP contribution in [0.25, 0.3) is 54.5 Å². The van der Waals surface area contributed by atoms with Crippen LogP contribution in [0, 0.1) is 5.41 Å². The number of ether oxygens (including phenoxy) is 1. The highest BCUT2D eigenvalue weighted by molar-refractivity contribution is 6.15. The van der Waals surface area contributed by atoms with E-state index in [0.717, 1.165) is 19.8 Å². The molecule has 2 heteroatoms. The molecule has 1 aliphatic heterocycles. The van der Waals surface area contributed by atoms with Gasteiger partial charge in [0.05, 0.1) is 13.2 Å². The van der Waals surface area contributed by atoms with Crippen LogP contribution in [0.3, 0.4) is 0 Å². The number of para-hydroxylation sites is 1. The van der Waals surface area contributed by atoms with E-state index >= 15 is 0 Å².